The fourth-order valence-electron chi connectivity index (χ4n) is 4.46. The van der Waals surface area contributed by atoms with Crippen LogP contribution in [-0.2, 0) is 6.54 Å². The Morgan fingerprint density at radius 1 is 1.04 bits per heavy atom. The number of likely N-dealkylation sites (tertiary alicyclic amines) is 1. The summed E-state index contributed by atoms with van der Waals surface area (Å²) in [4.78, 5) is 14.0. The summed E-state index contributed by atoms with van der Waals surface area (Å²) >= 11 is 1.54. The van der Waals surface area contributed by atoms with Crippen LogP contribution in [0.4, 0.5) is 5.82 Å². The molecule has 0 spiro atoms. The quantitative estimate of drug-likeness (QED) is 0.691. The van der Waals surface area contributed by atoms with E-state index < -0.39 is 0 Å². The predicted octanol–water partition coefficient (Wildman–Crippen LogP) is 2.30. The molecule has 140 valence electrons. The van der Waals surface area contributed by atoms with Crippen molar-refractivity contribution in [2.45, 2.75) is 20.4 Å². The molecule has 2 unspecified atom stereocenters. The molecule has 2 fully saturated rings. The van der Waals surface area contributed by atoms with Gasteiger partial charge in [0.2, 0.25) is 0 Å². The first-order chi connectivity index (χ1) is 13.2. The summed E-state index contributed by atoms with van der Waals surface area (Å²) < 4.78 is 6.11. The molecule has 0 bridgehead atoms. The van der Waals surface area contributed by atoms with E-state index in [1.807, 2.05) is 17.8 Å². The van der Waals surface area contributed by atoms with Gasteiger partial charge in [-0.05, 0) is 48.8 Å². The van der Waals surface area contributed by atoms with Crippen molar-refractivity contribution in [3.63, 3.8) is 0 Å². The van der Waals surface area contributed by atoms with Crippen LogP contribution in [0.3, 0.4) is 0 Å². The van der Waals surface area contributed by atoms with E-state index in [1.54, 1.807) is 6.33 Å². The standard InChI is InChI=1S/C19H23N7S/c1-13-3-14(2)26(23-13)19-4-18(20-12-21-19)25-9-16-7-24(8-17(16)10-25)6-15-5-22-27-11-15/h3-5,11-12,16-17H,6-10H2,1-2H3. The number of hydrogen-bond donors (Lipinski definition) is 0. The Labute approximate surface area is 162 Å². The van der Waals surface area contributed by atoms with E-state index in [0.717, 1.165) is 55.7 Å². The third-order valence-electron chi connectivity index (χ3n) is 5.64. The molecule has 2 aliphatic heterocycles. The fraction of sp³-hybridized carbons (Fsp3) is 0.474. The molecule has 3 aromatic rings. The van der Waals surface area contributed by atoms with Crippen LogP contribution in [0.5, 0.6) is 0 Å². The number of anilines is 1. The molecule has 0 radical (unpaired) electrons. The average Bonchev–Trinajstić information content (AvgIpc) is 3.40. The second kappa shape index (κ2) is 6.69. The van der Waals surface area contributed by atoms with Crippen LogP contribution in [0.2, 0.25) is 0 Å². The summed E-state index contributed by atoms with van der Waals surface area (Å²) in [5.41, 5.74) is 3.43. The lowest BCUT2D eigenvalue weighted by Gasteiger charge is -2.22. The average molecular weight is 382 g/mol. The lowest BCUT2D eigenvalue weighted by molar-refractivity contribution is 0.309. The van der Waals surface area contributed by atoms with E-state index >= 15 is 0 Å². The van der Waals surface area contributed by atoms with Crippen molar-refractivity contribution in [3.05, 3.63) is 47.0 Å². The molecule has 2 aliphatic rings. The zero-order valence-electron chi connectivity index (χ0n) is 15.6. The number of aryl methyl sites for hydroxylation is 2. The molecule has 8 heteroatoms. The van der Waals surface area contributed by atoms with Crippen LogP contribution in [0.1, 0.15) is 17.0 Å². The van der Waals surface area contributed by atoms with E-state index in [9.17, 15) is 0 Å². The third kappa shape index (κ3) is 3.23. The van der Waals surface area contributed by atoms with Crippen molar-refractivity contribution in [2.24, 2.45) is 11.8 Å². The van der Waals surface area contributed by atoms with Gasteiger partial charge in [-0.3, -0.25) is 4.90 Å². The third-order valence-corrected chi connectivity index (χ3v) is 6.28. The summed E-state index contributed by atoms with van der Waals surface area (Å²) in [6.07, 6.45) is 3.65. The molecule has 27 heavy (non-hydrogen) atoms. The van der Waals surface area contributed by atoms with E-state index in [4.69, 9.17) is 0 Å². The Morgan fingerprint density at radius 2 is 1.81 bits per heavy atom. The van der Waals surface area contributed by atoms with Gasteiger partial charge >= 0.3 is 0 Å². The Balaban J connectivity index is 1.28. The first-order valence-corrected chi connectivity index (χ1v) is 10.2. The van der Waals surface area contributed by atoms with Crippen LogP contribution >= 0.6 is 11.5 Å². The van der Waals surface area contributed by atoms with Crippen LogP contribution in [0, 0.1) is 25.7 Å². The SMILES string of the molecule is Cc1cc(C)n(-c2cc(N3CC4CN(Cc5cnsc5)CC4C3)ncn2)n1. The highest BCUT2D eigenvalue weighted by atomic mass is 32.1. The summed E-state index contributed by atoms with van der Waals surface area (Å²) in [7, 11) is 0. The van der Waals surface area contributed by atoms with Crippen LogP contribution < -0.4 is 4.90 Å². The molecule has 5 rings (SSSR count). The summed E-state index contributed by atoms with van der Waals surface area (Å²) in [5, 5.41) is 6.70. The molecule has 0 saturated carbocycles. The summed E-state index contributed by atoms with van der Waals surface area (Å²) in [6, 6.07) is 4.13. The maximum Gasteiger partial charge on any atom is 0.159 e. The largest absolute Gasteiger partial charge is 0.356 e. The lowest BCUT2D eigenvalue weighted by atomic mass is 10.0. The van der Waals surface area contributed by atoms with Gasteiger partial charge in [0.15, 0.2) is 5.82 Å². The van der Waals surface area contributed by atoms with Crippen molar-refractivity contribution in [3.8, 4) is 5.82 Å². The highest BCUT2D eigenvalue weighted by Gasteiger charge is 2.40. The normalized spacial score (nSPS) is 22.5. The van der Waals surface area contributed by atoms with Gasteiger partial charge in [0.25, 0.3) is 0 Å². The predicted molar refractivity (Wildman–Crippen MR) is 105 cm³/mol. The van der Waals surface area contributed by atoms with Crippen molar-refractivity contribution in [1.29, 1.82) is 0 Å². The van der Waals surface area contributed by atoms with Gasteiger partial charge < -0.3 is 4.90 Å². The number of hydrogen-bond acceptors (Lipinski definition) is 7. The number of aromatic nitrogens is 5. The Morgan fingerprint density at radius 3 is 2.48 bits per heavy atom. The molecular formula is C19H23N7S. The van der Waals surface area contributed by atoms with Gasteiger partial charge in [0, 0.05) is 56.1 Å². The monoisotopic (exact) mass is 381 g/mol. The fourth-order valence-corrected chi connectivity index (χ4v) is 4.98. The first-order valence-electron chi connectivity index (χ1n) is 9.37. The number of fused-ring (bicyclic) bond motifs is 1. The second-order valence-electron chi connectivity index (χ2n) is 7.73. The van der Waals surface area contributed by atoms with Crippen molar-refractivity contribution in [2.75, 3.05) is 31.1 Å². The van der Waals surface area contributed by atoms with Crippen LogP contribution in [0.25, 0.3) is 5.82 Å². The molecule has 2 atom stereocenters. The zero-order chi connectivity index (χ0) is 18.4. The van der Waals surface area contributed by atoms with Crippen molar-refractivity contribution in [1.82, 2.24) is 29.0 Å². The Hall–Kier alpha value is -2.32. The van der Waals surface area contributed by atoms with Gasteiger partial charge in [-0.1, -0.05) is 0 Å². The zero-order valence-corrected chi connectivity index (χ0v) is 16.4. The van der Waals surface area contributed by atoms with E-state index in [2.05, 4.69) is 53.7 Å². The van der Waals surface area contributed by atoms with Crippen molar-refractivity contribution >= 4 is 17.4 Å². The second-order valence-corrected chi connectivity index (χ2v) is 8.38. The first kappa shape index (κ1) is 16.8. The van der Waals surface area contributed by atoms with Gasteiger partial charge in [0.05, 0.1) is 5.69 Å². The minimum atomic E-state index is 0.712. The smallest absolute Gasteiger partial charge is 0.159 e. The van der Waals surface area contributed by atoms with Gasteiger partial charge in [0.1, 0.15) is 12.1 Å². The maximum atomic E-state index is 4.55. The molecule has 0 amide bonds. The number of nitrogens with zero attached hydrogens (tertiary/aromatic N) is 7. The minimum Gasteiger partial charge on any atom is -0.356 e. The molecule has 7 nitrogen and oxygen atoms in total. The molecule has 2 saturated heterocycles. The lowest BCUT2D eigenvalue weighted by Crippen LogP contribution is -2.29. The molecule has 0 N–H and O–H groups in total. The number of rotatable bonds is 4. The Bertz CT molecular complexity index is 921. The Kier molecular flexibility index (Phi) is 4.17. The molecule has 0 aliphatic carbocycles. The minimum absolute atomic E-state index is 0.712. The summed E-state index contributed by atoms with van der Waals surface area (Å²) in [5.74, 6) is 3.28. The van der Waals surface area contributed by atoms with E-state index in [0.29, 0.717) is 11.8 Å². The van der Waals surface area contributed by atoms with Gasteiger partial charge in [-0.25, -0.2) is 19.0 Å². The summed E-state index contributed by atoms with van der Waals surface area (Å²) in [6.45, 7) is 9.54. The molecule has 5 heterocycles. The van der Waals surface area contributed by atoms with Crippen LogP contribution in [0.15, 0.2) is 30.0 Å². The topological polar surface area (TPSA) is 63.0 Å². The van der Waals surface area contributed by atoms with Gasteiger partial charge in [-0.2, -0.15) is 5.10 Å². The molecule has 0 aromatic carbocycles. The molecule has 3 aromatic heterocycles. The van der Waals surface area contributed by atoms with E-state index in [1.165, 1.54) is 17.1 Å². The van der Waals surface area contributed by atoms with Crippen molar-refractivity contribution < 1.29 is 0 Å². The maximum absolute atomic E-state index is 4.55. The highest BCUT2D eigenvalue weighted by Crippen LogP contribution is 2.34. The van der Waals surface area contributed by atoms with Crippen LogP contribution in [-0.4, -0.2) is 55.2 Å². The van der Waals surface area contributed by atoms with Gasteiger partial charge in [-0.15, -0.1) is 0 Å². The van der Waals surface area contributed by atoms with E-state index in [-0.39, 0.29) is 0 Å². The molecular weight excluding hydrogens is 358 g/mol. The highest BCUT2D eigenvalue weighted by molar-refractivity contribution is 7.03.